The third-order valence-corrected chi connectivity index (χ3v) is 3.92. The molecule has 0 radical (unpaired) electrons. The van der Waals surface area contributed by atoms with Crippen LogP contribution in [0.1, 0.15) is 50.4 Å². The molecule has 4 heteroatoms. The molecule has 1 aromatic rings. The second-order valence-electron chi connectivity index (χ2n) is 5.49. The van der Waals surface area contributed by atoms with Gasteiger partial charge in [0.2, 0.25) is 0 Å². The maximum absolute atomic E-state index is 4.52. The van der Waals surface area contributed by atoms with E-state index in [9.17, 15) is 0 Å². The topological polar surface area (TPSA) is 49.8 Å². The van der Waals surface area contributed by atoms with Gasteiger partial charge in [0.25, 0.3) is 0 Å². The standard InChI is InChI=1S/C15H26N4/c1-4-16-14-11(2)15(19-12(3)18-14)17-10-9-13-7-5-6-8-13/h13H,4-10H2,1-3H3,(H2,16,17,18,19). The van der Waals surface area contributed by atoms with E-state index in [1.165, 1.54) is 32.1 Å². The van der Waals surface area contributed by atoms with Gasteiger partial charge in [-0.3, -0.25) is 0 Å². The Morgan fingerprint density at radius 2 is 1.68 bits per heavy atom. The minimum Gasteiger partial charge on any atom is -0.370 e. The number of rotatable bonds is 6. The van der Waals surface area contributed by atoms with Gasteiger partial charge in [0.1, 0.15) is 17.5 Å². The number of nitrogens with one attached hydrogen (secondary N) is 2. The fourth-order valence-corrected chi connectivity index (χ4v) is 2.83. The number of anilines is 2. The summed E-state index contributed by atoms with van der Waals surface area (Å²) in [5, 5.41) is 6.79. The van der Waals surface area contributed by atoms with Crippen LogP contribution in [0.5, 0.6) is 0 Å². The van der Waals surface area contributed by atoms with E-state index in [2.05, 4.69) is 34.4 Å². The van der Waals surface area contributed by atoms with Crippen LogP contribution < -0.4 is 10.6 Å². The molecule has 1 heterocycles. The molecule has 4 nitrogen and oxygen atoms in total. The third kappa shape index (κ3) is 3.82. The van der Waals surface area contributed by atoms with Crippen molar-refractivity contribution in [3.8, 4) is 0 Å². The van der Waals surface area contributed by atoms with Crippen LogP contribution >= 0.6 is 0 Å². The zero-order chi connectivity index (χ0) is 13.7. The molecule has 1 aromatic heterocycles. The van der Waals surface area contributed by atoms with Gasteiger partial charge in [0, 0.05) is 18.7 Å². The van der Waals surface area contributed by atoms with Crippen LogP contribution in [0.4, 0.5) is 11.6 Å². The first-order chi connectivity index (χ1) is 9.20. The molecular weight excluding hydrogens is 236 g/mol. The summed E-state index contributed by atoms with van der Waals surface area (Å²) in [4.78, 5) is 8.96. The maximum Gasteiger partial charge on any atom is 0.134 e. The van der Waals surface area contributed by atoms with Crippen LogP contribution in [-0.4, -0.2) is 23.1 Å². The summed E-state index contributed by atoms with van der Waals surface area (Å²) in [6.07, 6.45) is 6.92. The molecule has 0 amide bonds. The minimum absolute atomic E-state index is 0.824. The molecule has 1 aliphatic rings. The number of hydrogen-bond donors (Lipinski definition) is 2. The van der Waals surface area contributed by atoms with E-state index in [-0.39, 0.29) is 0 Å². The Bertz CT molecular complexity index is 411. The highest BCUT2D eigenvalue weighted by atomic mass is 15.1. The summed E-state index contributed by atoms with van der Waals surface area (Å²) in [6.45, 7) is 8.02. The third-order valence-electron chi connectivity index (χ3n) is 3.92. The Hall–Kier alpha value is -1.32. The minimum atomic E-state index is 0.824. The molecule has 0 unspecified atom stereocenters. The zero-order valence-electron chi connectivity index (χ0n) is 12.4. The molecule has 0 aromatic carbocycles. The van der Waals surface area contributed by atoms with Crippen molar-refractivity contribution >= 4 is 11.6 Å². The normalized spacial score (nSPS) is 15.7. The molecule has 0 aliphatic heterocycles. The Balaban J connectivity index is 1.94. The van der Waals surface area contributed by atoms with Crippen molar-refractivity contribution in [3.63, 3.8) is 0 Å². The fourth-order valence-electron chi connectivity index (χ4n) is 2.83. The monoisotopic (exact) mass is 262 g/mol. The van der Waals surface area contributed by atoms with Gasteiger partial charge >= 0.3 is 0 Å². The summed E-state index contributed by atoms with van der Waals surface area (Å²) in [5.74, 6) is 3.69. The van der Waals surface area contributed by atoms with Crippen molar-refractivity contribution in [1.82, 2.24) is 9.97 Å². The van der Waals surface area contributed by atoms with Gasteiger partial charge in [-0.1, -0.05) is 25.7 Å². The first-order valence-electron chi connectivity index (χ1n) is 7.53. The zero-order valence-corrected chi connectivity index (χ0v) is 12.4. The number of aromatic nitrogens is 2. The molecule has 0 saturated heterocycles. The van der Waals surface area contributed by atoms with Crippen LogP contribution in [0.3, 0.4) is 0 Å². The second kappa shape index (κ2) is 6.73. The quantitative estimate of drug-likeness (QED) is 0.823. The van der Waals surface area contributed by atoms with Crippen molar-refractivity contribution in [3.05, 3.63) is 11.4 Å². The van der Waals surface area contributed by atoms with E-state index in [1.54, 1.807) is 0 Å². The van der Waals surface area contributed by atoms with Gasteiger partial charge in [-0.2, -0.15) is 0 Å². The van der Waals surface area contributed by atoms with Crippen LogP contribution in [0.15, 0.2) is 0 Å². The predicted octanol–water partition coefficient (Wildman–Crippen LogP) is 3.52. The van der Waals surface area contributed by atoms with Crippen LogP contribution in [0.2, 0.25) is 0 Å². The molecular formula is C15H26N4. The van der Waals surface area contributed by atoms with E-state index in [1.807, 2.05) is 6.92 Å². The molecule has 2 rings (SSSR count). The van der Waals surface area contributed by atoms with Crippen molar-refractivity contribution in [2.45, 2.75) is 52.9 Å². The lowest BCUT2D eigenvalue weighted by molar-refractivity contribution is 0.518. The second-order valence-corrected chi connectivity index (χ2v) is 5.49. The first kappa shape index (κ1) is 14.1. The largest absolute Gasteiger partial charge is 0.370 e. The lowest BCUT2D eigenvalue weighted by Gasteiger charge is -2.15. The van der Waals surface area contributed by atoms with E-state index < -0.39 is 0 Å². The molecule has 106 valence electrons. The van der Waals surface area contributed by atoms with Gasteiger partial charge < -0.3 is 10.6 Å². The number of nitrogens with zero attached hydrogens (tertiary/aromatic N) is 2. The van der Waals surface area contributed by atoms with Crippen LogP contribution in [0.25, 0.3) is 0 Å². The Labute approximate surface area is 116 Å². The highest BCUT2D eigenvalue weighted by molar-refractivity contribution is 5.57. The molecule has 1 saturated carbocycles. The predicted molar refractivity (Wildman–Crippen MR) is 80.7 cm³/mol. The van der Waals surface area contributed by atoms with E-state index in [0.29, 0.717) is 0 Å². The summed E-state index contributed by atoms with van der Waals surface area (Å²) >= 11 is 0. The smallest absolute Gasteiger partial charge is 0.134 e. The Kier molecular flexibility index (Phi) is 5.00. The summed E-state index contributed by atoms with van der Waals surface area (Å²) in [7, 11) is 0. The Morgan fingerprint density at radius 3 is 2.32 bits per heavy atom. The number of hydrogen-bond acceptors (Lipinski definition) is 4. The average molecular weight is 262 g/mol. The highest BCUT2D eigenvalue weighted by Gasteiger charge is 2.15. The van der Waals surface area contributed by atoms with Crippen LogP contribution in [-0.2, 0) is 0 Å². The summed E-state index contributed by atoms with van der Waals surface area (Å²) in [6, 6.07) is 0. The SMILES string of the molecule is CCNc1nc(C)nc(NCCC2CCCC2)c1C. The molecule has 19 heavy (non-hydrogen) atoms. The Morgan fingerprint density at radius 1 is 1.05 bits per heavy atom. The maximum atomic E-state index is 4.52. The summed E-state index contributed by atoms with van der Waals surface area (Å²) < 4.78 is 0. The lowest BCUT2D eigenvalue weighted by atomic mass is 10.0. The van der Waals surface area contributed by atoms with Gasteiger partial charge in [-0.15, -0.1) is 0 Å². The fraction of sp³-hybridized carbons (Fsp3) is 0.733. The van der Waals surface area contributed by atoms with E-state index in [4.69, 9.17) is 0 Å². The van der Waals surface area contributed by atoms with Gasteiger partial charge in [0.15, 0.2) is 0 Å². The lowest BCUT2D eigenvalue weighted by Crippen LogP contribution is -2.12. The molecule has 0 atom stereocenters. The molecule has 1 fully saturated rings. The van der Waals surface area contributed by atoms with Crippen molar-refractivity contribution in [2.24, 2.45) is 5.92 Å². The average Bonchev–Trinajstić information content (AvgIpc) is 2.88. The van der Waals surface area contributed by atoms with E-state index in [0.717, 1.165) is 42.0 Å². The first-order valence-corrected chi connectivity index (χ1v) is 7.53. The van der Waals surface area contributed by atoms with Gasteiger partial charge in [-0.25, -0.2) is 9.97 Å². The van der Waals surface area contributed by atoms with Crippen molar-refractivity contribution < 1.29 is 0 Å². The number of aryl methyl sites for hydroxylation is 1. The molecule has 0 spiro atoms. The summed E-state index contributed by atoms with van der Waals surface area (Å²) in [5.41, 5.74) is 1.12. The van der Waals surface area contributed by atoms with Crippen molar-refractivity contribution in [2.75, 3.05) is 23.7 Å². The van der Waals surface area contributed by atoms with E-state index >= 15 is 0 Å². The van der Waals surface area contributed by atoms with Crippen LogP contribution in [0, 0.1) is 19.8 Å². The molecule has 0 bridgehead atoms. The van der Waals surface area contributed by atoms with Gasteiger partial charge in [0.05, 0.1) is 0 Å². The molecule has 1 aliphatic carbocycles. The molecule has 2 N–H and O–H groups in total. The van der Waals surface area contributed by atoms with Gasteiger partial charge in [-0.05, 0) is 33.1 Å². The van der Waals surface area contributed by atoms with Crippen molar-refractivity contribution in [1.29, 1.82) is 0 Å². The highest BCUT2D eigenvalue weighted by Crippen LogP contribution is 2.27.